The van der Waals surface area contributed by atoms with E-state index >= 15 is 0 Å². The molecule has 3 aliphatic rings. The van der Waals surface area contributed by atoms with Gasteiger partial charge in [0, 0.05) is 43.5 Å². The molecule has 6 atom stereocenters. The lowest BCUT2D eigenvalue weighted by atomic mass is 9.65. The topological polar surface area (TPSA) is 147 Å². The van der Waals surface area contributed by atoms with Gasteiger partial charge in [0.15, 0.2) is 0 Å². The van der Waals surface area contributed by atoms with Crippen molar-refractivity contribution >= 4 is 17.9 Å². The van der Waals surface area contributed by atoms with Crippen LogP contribution >= 0.6 is 0 Å². The Morgan fingerprint density at radius 2 is 1.71 bits per heavy atom. The van der Waals surface area contributed by atoms with Crippen molar-refractivity contribution in [2.75, 3.05) is 6.61 Å². The normalized spacial score (nSPS) is 29.2. The Bertz CT molecular complexity index is 1540. The van der Waals surface area contributed by atoms with Crippen LogP contribution in [0.15, 0.2) is 72.4 Å². The fourth-order valence-corrected chi connectivity index (χ4v) is 7.27. The average Bonchev–Trinajstić information content (AvgIpc) is 3.56. The summed E-state index contributed by atoms with van der Waals surface area (Å²) < 4.78 is 25.2. The van der Waals surface area contributed by atoms with E-state index < -0.39 is 46.7 Å². The van der Waals surface area contributed by atoms with E-state index in [4.69, 9.17) is 23.8 Å². The third-order valence-electron chi connectivity index (χ3n) is 10.2. The third-order valence-corrected chi connectivity index (χ3v) is 10.2. The maximum absolute atomic E-state index is 13.8. The highest BCUT2D eigenvalue weighted by Gasteiger charge is 2.62. The van der Waals surface area contributed by atoms with E-state index in [9.17, 15) is 19.6 Å². The van der Waals surface area contributed by atoms with Crippen LogP contribution in [0.3, 0.4) is 0 Å². The van der Waals surface area contributed by atoms with Crippen molar-refractivity contribution < 1.29 is 43.5 Å². The molecule has 1 saturated heterocycles. The Morgan fingerprint density at radius 3 is 2.33 bits per heavy atom. The summed E-state index contributed by atoms with van der Waals surface area (Å²) in [4.78, 5) is 54.1. The average molecular weight is 677 g/mol. The fraction of sp³-hybridized carbons (Fsp3) is 0.553. The summed E-state index contributed by atoms with van der Waals surface area (Å²) in [7, 11) is 0. The molecule has 0 unspecified atom stereocenters. The Morgan fingerprint density at radius 1 is 1.04 bits per heavy atom. The van der Waals surface area contributed by atoms with Crippen LogP contribution in [0.1, 0.15) is 107 Å². The van der Waals surface area contributed by atoms with Gasteiger partial charge in [-0.15, -0.1) is 0 Å². The number of ether oxygens (including phenoxy) is 4. The number of epoxide rings is 1. The number of rotatable bonds is 12. The molecule has 0 radical (unpaired) electrons. The fourth-order valence-electron chi connectivity index (χ4n) is 7.27. The standard InChI is InChI=1S/C38H48N2O9/c1-6-7-8-13-32(41)45-24-38-17-16-28(36(3,4)49-44)33(38)29(46-34(42)26-11-9-18-39-22-26)21-37(5)30(48-37)15-14-25(2)20-31(38)47-35(43)27-12-10-19-40-23-27/h9-12,16,18-20,22-23,29-31,33,44H,6-8,13-15,17,21,24H2,1-5H3/b25-20-/t29-,30-,31+,33-,37+,38+/m1/s1. The van der Waals surface area contributed by atoms with Gasteiger partial charge in [-0.1, -0.05) is 31.4 Å². The quantitative estimate of drug-likeness (QED) is 0.0479. The number of hydrogen-bond acceptors (Lipinski definition) is 11. The Balaban J connectivity index is 1.66. The van der Waals surface area contributed by atoms with Crippen molar-refractivity contribution in [3.8, 4) is 0 Å². The van der Waals surface area contributed by atoms with E-state index in [1.54, 1.807) is 50.5 Å². The van der Waals surface area contributed by atoms with E-state index in [1.165, 1.54) is 12.4 Å². The molecule has 3 heterocycles. The zero-order chi connectivity index (χ0) is 35.2. The number of nitrogens with zero attached hydrogens (tertiary/aromatic N) is 2. The highest BCUT2D eigenvalue weighted by molar-refractivity contribution is 5.89. The smallest absolute Gasteiger partial charge is 0.340 e. The van der Waals surface area contributed by atoms with Crippen molar-refractivity contribution in [1.82, 2.24) is 9.97 Å². The van der Waals surface area contributed by atoms with Gasteiger partial charge in [0.05, 0.1) is 28.2 Å². The predicted octanol–water partition coefficient (Wildman–Crippen LogP) is 6.84. The first-order valence-corrected chi connectivity index (χ1v) is 17.2. The van der Waals surface area contributed by atoms with Gasteiger partial charge in [0.25, 0.3) is 0 Å². The number of hydrogen-bond donors (Lipinski definition) is 1. The van der Waals surface area contributed by atoms with E-state index in [0.29, 0.717) is 31.3 Å². The Labute approximate surface area is 288 Å². The van der Waals surface area contributed by atoms with Gasteiger partial charge in [0.2, 0.25) is 0 Å². The number of pyridine rings is 2. The molecular formula is C38H48N2O9. The molecule has 0 aromatic carbocycles. The number of carbonyl (C=O) groups is 3. The summed E-state index contributed by atoms with van der Waals surface area (Å²) in [6, 6.07) is 6.56. The van der Waals surface area contributed by atoms with Crippen molar-refractivity contribution in [3.05, 3.63) is 83.5 Å². The molecule has 0 saturated carbocycles. The molecule has 11 nitrogen and oxygen atoms in total. The molecule has 5 rings (SSSR count). The summed E-state index contributed by atoms with van der Waals surface area (Å²) in [5.41, 5.74) is -0.931. The molecule has 49 heavy (non-hydrogen) atoms. The molecule has 0 spiro atoms. The molecule has 2 aliphatic carbocycles. The molecule has 2 aromatic rings. The number of unbranched alkanes of at least 4 members (excludes halogenated alkanes) is 2. The van der Waals surface area contributed by atoms with Crippen LogP contribution in [0.5, 0.6) is 0 Å². The number of allylic oxidation sites excluding steroid dienone is 2. The summed E-state index contributed by atoms with van der Waals surface area (Å²) in [5.74, 6) is -2.32. The maximum Gasteiger partial charge on any atom is 0.340 e. The summed E-state index contributed by atoms with van der Waals surface area (Å²) in [6.45, 7) is 9.32. The molecule has 1 N–H and O–H groups in total. The first-order valence-electron chi connectivity index (χ1n) is 17.2. The van der Waals surface area contributed by atoms with Crippen LogP contribution in [-0.2, 0) is 28.6 Å². The SMILES string of the molecule is CCCCCC(=O)OC[C@]12CC=C(C(C)(C)OO)[C@@H]1[C@H](OC(=O)c1cccnc1)C[C@]1(C)O[C@@H]1CC/C(C)=C\[C@@H]2OC(=O)c1cccnc1. The van der Waals surface area contributed by atoms with Crippen LogP contribution < -0.4 is 0 Å². The minimum atomic E-state index is -1.25. The van der Waals surface area contributed by atoms with E-state index in [1.807, 2.05) is 26.0 Å². The van der Waals surface area contributed by atoms with Gasteiger partial charge in [-0.25, -0.2) is 14.5 Å². The van der Waals surface area contributed by atoms with Gasteiger partial charge < -0.3 is 18.9 Å². The van der Waals surface area contributed by atoms with Crippen molar-refractivity contribution in [2.45, 2.75) is 115 Å². The van der Waals surface area contributed by atoms with E-state index in [2.05, 4.69) is 16.9 Å². The predicted molar refractivity (Wildman–Crippen MR) is 179 cm³/mol. The molecule has 11 heteroatoms. The number of carbonyl (C=O) groups excluding carboxylic acids is 3. The zero-order valence-corrected chi connectivity index (χ0v) is 29.1. The van der Waals surface area contributed by atoms with Crippen molar-refractivity contribution in [3.63, 3.8) is 0 Å². The lowest BCUT2D eigenvalue weighted by Gasteiger charge is -2.46. The molecule has 0 bridgehead atoms. The number of esters is 3. The third kappa shape index (κ3) is 8.28. The second-order valence-electron chi connectivity index (χ2n) is 14.2. The van der Waals surface area contributed by atoms with Gasteiger partial charge in [-0.05, 0) is 89.3 Å². The molecule has 0 amide bonds. The molecular weight excluding hydrogens is 628 g/mol. The molecule has 1 fully saturated rings. The van der Waals surface area contributed by atoms with Crippen LogP contribution in [0.2, 0.25) is 0 Å². The summed E-state index contributed by atoms with van der Waals surface area (Å²) in [6.07, 6.45) is 12.6. The van der Waals surface area contributed by atoms with Gasteiger partial charge in [-0.2, -0.15) is 0 Å². The first-order chi connectivity index (χ1) is 23.4. The summed E-state index contributed by atoms with van der Waals surface area (Å²) >= 11 is 0. The van der Waals surface area contributed by atoms with Crippen molar-refractivity contribution in [2.24, 2.45) is 11.3 Å². The Kier molecular flexibility index (Phi) is 11.4. The highest BCUT2D eigenvalue weighted by Crippen LogP contribution is 2.57. The minimum absolute atomic E-state index is 0.0911. The highest BCUT2D eigenvalue weighted by atomic mass is 17.1. The second-order valence-corrected chi connectivity index (χ2v) is 14.2. The molecule has 2 aromatic heterocycles. The Hall–Kier alpha value is -3.93. The van der Waals surface area contributed by atoms with Crippen molar-refractivity contribution in [1.29, 1.82) is 0 Å². The number of aromatic nitrogens is 2. The maximum atomic E-state index is 13.8. The number of fused-ring (bicyclic) bond motifs is 2. The molecule has 1 aliphatic heterocycles. The van der Waals surface area contributed by atoms with E-state index in [0.717, 1.165) is 18.4 Å². The van der Waals surface area contributed by atoms with Crippen LogP contribution in [0.25, 0.3) is 0 Å². The summed E-state index contributed by atoms with van der Waals surface area (Å²) in [5, 5.41) is 10.2. The lowest BCUT2D eigenvalue weighted by Crippen LogP contribution is -2.53. The van der Waals surface area contributed by atoms with Gasteiger partial charge in [0.1, 0.15) is 24.4 Å². The molecule has 264 valence electrons. The second kappa shape index (κ2) is 15.3. The monoisotopic (exact) mass is 676 g/mol. The van der Waals surface area contributed by atoms with Gasteiger partial charge >= 0.3 is 17.9 Å². The van der Waals surface area contributed by atoms with Crippen LogP contribution in [0.4, 0.5) is 0 Å². The van der Waals surface area contributed by atoms with Crippen LogP contribution in [0, 0.1) is 11.3 Å². The lowest BCUT2D eigenvalue weighted by molar-refractivity contribution is -0.303. The first kappa shape index (κ1) is 36.4. The minimum Gasteiger partial charge on any atom is -0.465 e. The van der Waals surface area contributed by atoms with E-state index in [-0.39, 0.29) is 42.6 Å². The van der Waals surface area contributed by atoms with Gasteiger partial charge in [-0.3, -0.25) is 20.0 Å². The zero-order valence-electron chi connectivity index (χ0n) is 29.1. The largest absolute Gasteiger partial charge is 0.465 e. The van der Waals surface area contributed by atoms with Crippen LogP contribution in [-0.4, -0.2) is 69.3 Å².